The summed E-state index contributed by atoms with van der Waals surface area (Å²) < 4.78 is 22.3. The molecule has 132 valence electrons. The molecule has 0 saturated heterocycles. The molecule has 1 unspecified atom stereocenters. The number of hydrogen-bond acceptors (Lipinski definition) is 4. The molecule has 0 aliphatic heterocycles. The zero-order valence-corrected chi connectivity index (χ0v) is 16.2. The first kappa shape index (κ1) is 20.2. The molecule has 0 fully saturated rings. The lowest BCUT2D eigenvalue weighted by Crippen LogP contribution is -2.19. The molecule has 0 aromatic heterocycles. The molecule has 0 saturated carbocycles. The molecule has 0 radical (unpaired) electrons. The summed E-state index contributed by atoms with van der Waals surface area (Å²) in [4.78, 5) is 9.88. The van der Waals surface area contributed by atoms with Gasteiger partial charge in [-0.25, -0.2) is 4.57 Å². The average molecular weight is 343 g/mol. The lowest BCUT2D eigenvalue weighted by atomic mass is 9.79. The highest BCUT2D eigenvalue weighted by molar-refractivity contribution is 7.47. The van der Waals surface area contributed by atoms with E-state index in [-0.39, 0.29) is 24.0 Å². The van der Waals surface area contributed by atoms with Gasteiger partial charge in [-0.05, 0) is 23.3 Å². The van der Waals surface area contributed by atoms with Crippen molar-refractivity contribution in [2.24, 2.45) is 5.73 Å². The van der Waals surface area contributed by atoms with E-state index in [0.717, 1.165) is 11.1 Å². The summed E-state index contributed by atoms with van der Waals surface area (Å²) in [6.45, 7) is 14.4. The van der Waals surface area contributed by atoms with Crippen molar-refractivity contribution in [3.8, 4) is 5.75 Å². The van der Waals surface area contributed by atoms with Gasteiger partial charge in [0.05, 0.1) is 6.61 Å². The van der Waals surface area contributed by atoms with Crippen LogP contribution in [-0.2, 0) is 26.5 Å². The van der Waals surface area contributed by atoms with Gasteiger partial charge in [0.15, 0.2) is 0 Å². The first-order valence-electron chi connectivity index (χ1n) is 7.86. The second-order valence-electron chi connectivity index (χ2n) is 7.69. The van der Waals surface area contributed by atoms with E-state index in [1.165, 1.54) is 0 Å². The van der Waals surface area contributed by atoms with E-state index in [2.05, 4.69) is 20.8 Å². The van der Waals surface area contributed by atoms with Gasteiger partial charge >= 0.3 is 7.82 Å². The Balaban J connectivity index is 3.57. The zero-order chi connectivity index (χ0) is 18.1. The summed E-state index contributed by atoms with van der Waals surface area (Å²) in [6, 6.07) is 3.97. The Morgan fingerprint density at radius 3 is 2.09 bits per heavy atom. The molecule has 5 nitrogen and oxygen atoms in total. The van der Waals surface area contributed by atoms with Gasteiger partial charge in [0, 0.05) is 17.7 Å². The van der Waals surface area contributed by atoms with Gasteiger partial charge in [-0.15, -0.1) is 0 Å². The fraction of sp³-hybridized carbons (Fsp3) is 0.647. The maximum absolute atomic E-state index is 12.1. The van der Waals surface area contributed by atoms with Crippen molar-refractivity contribution >= 4 is 7.82 Å². The second-order valence-corrected chi connectivity index (χ2v) is 9.07. The van der Waals surface area contributed by atoms with E-state index in [4.69, 9.17) is 14.8 Å². The number of phosphoric ester groups is 1. The quantitative estimate of drug-likeness (QED) is 0.781. The first-order chi connectivity index (χ1) is 10.3. The molecule has 0 aliphatic carbocycles. The normalized spacial score (nSPS) is 15.3. The number of benzene rings is 1. The van der Waals surface area contributed by atoms with Crippen LogP contribution in [0.25, 0.3) is 0 Å². The summed E-state index contributed by atoms with van der Waals surface area (Å²) in [5, 5.41) is 0. The SMILES string of the molecule is CCOP(=O)(O)Oc1c(CN)cc(C(C)(C)C)cc1C(C)(C)C. The molecule has 0 spiro atoms. The van der Waals surface area contributed by atoms with E-state index >= 15 is 0 Å². The summed E-state index contributed by atoms with van der Waals surface area (Å²) >= 11 is 0. The Morgan fingerprint density at radius 1 is 1.13 bits per heavy atom. The van der Waals surface area contributed by atoms with Crippen LogP contribution >= 0.6 is 7.82 Å². The van der Waals surface area contributed by atoms with Crippen LogP contribution in [0.4, 0.5) is 0 Å². The monoisotopic (exact) mass is 343 g/mol. The van der Waals surface area contributed by atoms with Crippen LogP contribution in [0.15, 0.2) is 12.1 Å². The predicted octanol–water partition coefficient (Wildman–Crippen LogP) is 4.26. The molecule has 23 heavy (non-hydrogen) atoms. The fourth-order valence-electron chi connectivity index (χ4n) is 2.24. The molecular weight excluding hydrogens is 313 g/mol. The lowest BCUT2D eigenvalue weighted by Gasteiger charge is -2.29. The molecular formula is C17H30NO4P. The van der Waals surface area contributed by atoms with Crippen molar-refractivity contribution in [2.75, 3.05) is 6.61 Å². The van der Waals surface area contributed by atoms with Crippen molar-refractivity contribution in [2.45, 2.75) is 65.8 Å². The lowest BCUT2D eigenvalue weighted by molar-refractivity contribution is 0.211. The van der Waals surface area contributed by atoms with Crippen LogP contribution in [0.5, 0.6) is 5.75 Å². The van der Waals surface area contributed by atoms with E-state index in [1.807, 2.05) is 32.9 Å². The Labute approximate surface area is 139 Å². The molecule has 1 atom stereocenters. The topological polar surface area (TPSA) is 81.8 Å². The van der Waals surface area contributed by atoms with Gasteiger partial charge in [0.2, 0.25) is 0 Å². The highest BCUT2D eigenvalue weighted by Crippen LogP contribution is 2.48. The summed E-state index contributed by atoms with van der Waals surface area (Å²) in [5.41, 5.74) is 8.20. The van der Waals surface area contributed by atoms with Crippen LogP contribution in [0.2, 0.25) is 0 Å². The Hall–Kier alpha value is -0.870. The Kier molecular flexibility index (Phi) is 6.09. The molecule has 1 aromatic rings. The summed E-state index contributed by atoms with van der Waals surface area (Å²) in [6.07, 6.45) is 0. The Bertz CT molecular complexity index is 600. The summed E-state index contributed by atoms with van der Waals surface area (Å²) in [7, 11) is -4.16. The van der Waals surface area contributed by atoms with E-state index < -0.39 is 7.82 Å². The molecule has 1 rings (SSSR count). The third-order valence-electron chi connectivity index (χ3n) is 3.56. The molecule has 0 heterocycles. The second kappa shape index (κ2) is 6.94. The maximum atomic E-state index is 12.1. The van der Waals surface area contributed by atoms with Crippen LogP contribution in [0.1, 0.15) is 65.2 Å². The maximum Gasteiger partial charge on any atom is 0.527 e. The van der Waals surface area contributed by atoms with Crippen molar-refractivity contribution in [1.82, 2.24) is 0 Å². The third-order valence-corrected chi connectivity index (χ3v) is 4.56. The highest BCUT2D eigenvalue weighted by atomic mass is 31.2. The first-order valence-corrected chi connectivity index (χ1v) is 9.36. The highest BCUT2D eigenvalue weighted by Gasteiger charge is 2.30. The van der Waals surface area contributed by atoms with Gasteiger partial charge in [0.25, 0.3) is 0 Å². The Morgan fingerprint density at radius 2 is 1.70 bits per heavy atom. The smallest absolute Gasteiger partial charge is 0.403 e. The molecule has 3 N–H and O–H groups in total. The molecule has 0 amide bonds. The third kappa shape index (κ3) is 5.32. The summed E-state index contributed by atoms with van der Waals surface area (Å²) in [5.74, 6) is 0.354. The predicted molar refractivity (Wildman–Crippen MR) is 93.8 cm³/mol. The van der Waals surface area contributed by atoms with Gasteiger partial charge < -0.3 is 10.3 Å². The van der Waals surface area contributed by atoms with Crippen molar-refractivity contribution in [1.29, 1.82) is 0 Å². The van der Waals surface area contributed by atoms with Crippen LogP contribution in [-0.4, -0.2) is 11.5 Å². The molecule has 6 heteroatoms. The average Bonchev–Trinajstić information content (AvgIpc) is 2.35. The molecule has 0 bridgehead atoms. The minimum Gasteiger partial charge on any atom is -0.403 e. The van der Waals surface area contributed by atoms with Crippen LogP contribution in [0, 0.1) is 0 Å². The van der Waals surface area contributed by atoms with E-state index in [0.29, 0.717) is 11.3 Å². The minimum absolute atomic E-state index is 0.0642. The van der Waals surface area contributed by atoms with Gasteiger partial charge in [0.1, 0.15) is 5.75 Å². The van der Waals surface area contributed by atoms with E-state index in [1.54, 1.807) is 6.92 Å². The minimum atomic E-state index is -4.16. The molecule has 0 aliphatic rings. The zero-order valence-electron chi connectivity index (χ0n) is 15.3. The van der Waals surface area contributed by atoms with Crippen molar-refractivity contribution in [3.05, 3.63) is 28.8 Å². The number of phosphoric acid groups is 1. The van der Waals surface area contributed by atoms with E-state index in [9.17, 15) is 9.46 Å². The van der Waals surface area contributed by atoms with Gasteiger partial charge in [-0.2, -0.15) is 0 Å². The van der Waals surface area contributed by atoms with Gasteiger partial charge in [-0.3, -0.25) is 9.42 Å². The van der Waals surface area contributed by atoms with Gasteiger partial charge in [-0.1, -0.05) is 53.7 Å². The molecule has 1 aromatic carbocycles. The van der Waals surface area contributed by atoms with Crippen LogP contribution in [0.3, 0.4) is 0 Å². The standard InChI is InChI=1S/C17H30NO4P/c1-8-21-23(19,20)22-15-12(11-18)9-13(16(2,3)4)10-14(15)17(5,6)7/h9-10H,8,11,18H2,1-7H3,(H,19,20). The van der Waals surface area contributed by atoms with Crippen LogP contribution < -0.4 is 10.3 Å². The fourth-order valence-corrected chi connectivity index (χ4v) is 3.07. The number of nitrogens with two attached hydrogens (primary N) is 1. The number of hydrogen-bond donors (Lipinski definition) is 2. The number of rotatable bonds is 5. The van der Waals surface area contributed by atoms with Crippen molar-refractivity contribution in [3.63, 3.8) is 0 Å². The largest absolute Gasteiger partial charge is 0.527 e. The van der Waals surface area contributed by atoms with Crippen molar-refractivity contribution < 1.29 is 18.5 Å².